The first-order valence-electron chi connectivity index (χ1n) is 6.45. The van der Waals surface area contributed by atoms with Crippen molar-refractivity contribution in [2.45, 2.75) is 58.2 Å². The van der Waals surface area contributed by atoms with E-state index >= 15 is 0 Å². The summed E-state index contributed by atoms with van der Waals surface area (Å²) in [6.45, 7) is 8.20. The van der Waals surface area contributed by atoms with Crippen LogP contribution in [0.2, 0.25) is 0 Å². The lowest BCUT2D eigenvalue weighted by Gasteiger charge is -2.51. The molecule has 0 saturated heterocycles. The standard InChI is InChI=1S/C14H24O2/c1-9(2)10-7-11-12(15)5-4-6-14(11,3)8-13(10)16/h10-13,15-16H,1,4-8H2,2-3H3/t10-,11+,12-,13-,14-/m1/s1. The van der Waals surface area contributed by atoms with Crippen LogP contribution < -0.4 is 0 Å². The van der Waals surface area contributed by atoms with Crippen molar-refractivity contribution in [3.05, 3.63) is 12.2 Å². The van der Waals surface area contributed by atoms with E-state index in [-0.39, 0.29) is 23.5 Å². The van der Waals surface area contributed by atoms with Crippen LogP contribution in [-0.2, 0) is 0 Å². The van der Waals surface area contributed by atoms with E-state index in [0.717, 1.165) is 37.7 Å². The van der Waals surface area contributed by atoms with Crippen LogP contribution in [0.1, 0.15) is 46.0 Å². The molecule has 92 valence electrons. The average Bonchev–Trinajstić information content (AvgIpc) is 2.15. The number of hydrogen-bond donors (Lipinski definition) is 2. The molecule has 2 heteroatoms. The lowest BCUT2D eigenvalue weighted by molar-refractivity contribution is -0.0950. The van der Waals surface area contributed by atoms with E-state index in [9.17, 15) is 10.2 Å². The van der Waals surface area contributed by atoms with Crippen LogP contribution in [0.4, 0.5) is 0 Å². The summed E-state index contributed by atoms with van der Waals surface area (Å²) < 4.78 is 0. The van der Waals surface area contributed by atoms with Gasteiger partial charge in [-0.1, -0.05) is 25.5 Å². The lowest BCUT2D eigenvalue weighted by Crippen LogP contribution is -2.49. The molecule has 0 aromatic rings. The molecule has 0 bridgehead atoms. The zero-order valence-electron chi connectivity index (χ0n) is 10.4. The maximum Gasteiger partial charge on any atom is 0.0610 e. The van der Waals surface area contributed by atoms with Gasteiger partial charge in [0.05, 0.1) is 12.2 Å². The molecule has 0 aromatic carbocycles. The SMILES string of the molecule is C=C(C)[C@H]1C[C@H]2[C@H](O)CCC[C@]2(C)C[C@H]1O. The van der Waals surface area contributed by atoms with Gasteiger partial charge in [0.15, 0.2) is 0 Å². The van der Waals surface area contributed by atoms with E-state index in [0.29, 0.717) is 5.92 Å². The minimum Gasteiger partial charge on any atom is -0.393 e. The van der Waals surface area contributed by atoms with Gasteiger partial charge in [-0.3, -0.25) is 0 Å². The molecule has 2 aliphatic carbocycles. The van der Waals surface area contributed by atoms with E-state index in [1.807, 2.05) is 6.92 Å². The first kappa shape index (κ1) is 12.1. The predicted octanol–water partition coefficient (Wildman–Crippen LogP) is 2.50. The third-order valence-electron chi connectivity index (χ3n) is 4.89. The van der Waals surface area contributed by atoms with E-state index < -0.39 is 0 Å². The topological polar surface area (TPSA) is 40.5 Å². The van der Waals surface area contributed by atoms with Gasteiger partial charge in [-0.15, -0.1) is 0 Å². The van der Waals surface area contributed by atoms with Crippen LogP contribution in [0.15, 0.2) is 12.2 Å². The number of fused-ring (bicyclic) bond motifs is 1. The molecule has 16 heavy (non-hydrogen) atoms. The van der Waals surface area contributed by atoms with E-state index in [1.165, 1.54) is 0 Å². The minimum atomic E-state index is -0.260. The monoisotopic (exact) mass is 224 g/mol. The highest BCUT2D eigenvalue weighted by Crippen LogP contribution is 2.52. The van der Waals surface area contributed by atoms with Gasteiger partial charge in [0.1, 0.15) is 0 Å². The zero-order chi connectivity index (χ0) is 11.9. The molecule has 0 spiro atoms. The van der Waals surface area contributed by atoms with Crippen LogP contribution in [0.5, 0.6) is 0 Å². The Morgan fingerprint density at radius 2 is 2.00 bits per heavy atom. The largest absolute Gasteiger partial charge is 0.393 e. The van der Waals surface area contributed by atoms with Crippen LogP contribution in [0, 0.1) is 17.3 Å². The molecule has 0 amide bonds. The van der Waals surface area contributed by atoms with Crippen molar-refractivity contribution in [1.29, 1.82) is 0 Å². The quantitative estimate of drug-likeness (QED) is 0.672. The molecule has 2 saturated carbocycles. The Morgan fingerprint density at radius 3 is 2.62 bits per heavy atom. The van der Waals surface area contributed by atoms with Gasteiger partial charge in [0.2, 0.25) is 0 Å². The van der Waals surface area contributed by atoms with Crippen molar-refractivity contribution >= 4 is 0 Å². The molecular formula is C14H24O2. The third kappa shape index (κ3) is 1.93. The summed E-state index contributed by atoms with van der Waals surface area (Å²) in [7, 11) is 0. The van der Waals surface area contributed by atoms with Crippen LogP contribution >= 0.6 is 0 Å². The smallest absolute Gasteiger partial charge is 0.0610 e. The van der Waals surface area contributed by atoms with Crippen molar-refractivity contribution in [2.24, 2.45) is 17.3 Å². The molecule has 0 radical (unpaired) electrons. The van der Waals surface area contributed by atoms with Gasteiger partial charge >= 0.3 is 0 Å². The van der Waals surface area contributed by atoms with E-state index in [4.69, 9.17) is 0 Å². The molecule has 2 N–H and O–H groups in total. The summed E-state index contributed by atoms with van der Waals surface area (Å²) in [5.74, 6) is 0.539. The lowest BCUT2D eigenvalue weighted by atomic mass is 9.56. The van der Waals surface area contributed by atoms with Crippen LogP contribution in [0.25, 0.3) is 0 Å². The summed E-state index contributed by atoms with van der Waals surface area (Å²) in [6.07, 6.45) is 4.48. The molecule has 0 aromatic heterocycles. The van der Waals surface area contributed by atoms with Gasteiger partial charge < -0.3 is 10.2 Å². The number of aliphatic hydroxyl groups excluding tert-OH is 2. The van der Waals surface area contributed by atoms with E-state index in [1.54, 1.807) is 0 Å². The maximum atomic E-state index is 10.2. The predicted molar refractivity (Wildman–Crippen MR) is 65.0 cm³/mol. The van der Waals surface area contributed by atoms with Crippen molar-refractivity contribution in [1.82, 2.24) is 0 Å². The molecule has 0 aliphatic heterocycles. The Balaban J connectivity index is 2.19. The molecule has 2 fully saturated rings. The normalized spacial score (nSPS) is 48.5. The van der Waals surface area contributed by atoms with E-state index in [2.05, 4.69) is 13.5 Å². The molecule has 0 unspecified atom stereocenters. The third-order valence-corrected chi connectivity index (χ3v) is 4.89. The van der Waals surface area contributed by atoms with Crippen molar-refractivity contribution in [3.8, 4) is 0 Å². The summed E-state index contributed by atoms with van der Waals surface area (Å²) >= 11 is 0. The first-order chi connectivity index (χ1) is 7.44. The van der Waals surface area contributed by atoms with Crippen molar-refractivity contribution in [2.75, 3.05) is 0 Å². The summed E-state index contributed by atoms with van der Waals surface area (Å²) in [6, 6.07) is 0. The highest BCUT2D eigenvalue weighted by Gasteiger charge is 2.48. The maximum absolute atomic E-state index is 10.2. The Morgan fingerprint density at radius 1 is 1.31 bits per heavy atom. The molecular weight excluding hydrogens is 200 g/mol. The minimum absolute atomic E-state index is 0.142. The summed E-state index contributed by atoms with van der Waals surface area (Å²) in [4.78, 5) is 0. The van der Waals surface area contributed by atoms with Gasteiger partial charge in [-0.2, -0.15) is 0 Å². The molecule has 0 heterocycles. The Hall–Kier alpha value is -0.340. The number of hydrogen-bond acceptors (Lipinski definition) is 2. The highest BCUT2D eigenvalue weighted by atomic mass is 16.3. The first-order valence-corrected chi connectivity index (χ1v) is 6.45. The second-order valence-electron chi connectivity index (χ2n) is 6.18. The fourth-order valence-corrected chi connectivity index (χ4v) is 3.84. The Bertz CT molecular complexity index is 286. The molecule has 2 aliphatic rings. The van der Waals surface area contributed by atoms with Crippen LogP contribution in [0.3, 0.4) is 0 Å². The fraction of sp³-hybridized carbons (Fsp3) is 0.857. The van der Waals surface area contributed by atoms with Crippen molar-refractivity contribution in [3.63, 3.8) is 0 Å². The second-order valence-corrected chi connectivity index (χ2v) is 6.18. The summed E-state index contributed by atoms with van der Waals surface area (Å²) in [5.41, 5.74) is 1.20. The van der Waals surface area contributed by atoms with Gasteiger partial charge in [-0.25, -0.2) is 0 Å². The van der Waals surface area contributed by atoms with Gasteiger partial charge in [0.25, 0.3) is 0 Å². The van der Waals surface area contributed by atoms with Gasteiger partial charge in [0, 0.05) is 5.92 Å². The number of aliphatic hydroxyl groups is 2. The highest BCUT2D eigenvalue weighted by molar-refractivity contribution is 5.08. The van der Waals surface area contributed by atoms with Crippen LogP contribution in [-0.4, -0.2) is 22.4 Å². The summed E-state index contributed by atoms with van der Waals surface area (Å²) in [5, 5.41) is 20.3. The zero-order valence-corrected chi connectivity index (χ0v) is 10.4. The second kappa shape index (κ2) is 4.15. The van der Waals surface area contributed by atoms with Gasteiger partial charge in [-0.05, 0) is 43.9 Å². The molecule has 5 atom stereocenters. The Kier molecular flexibility index (Phi) is 3.15. The molecule has 2 nitrogen and oxygen atoms in total. The fourth-order valence-electron chi connectivity index (χ4n) is 3.84. The molecule has 2 rings (SSSR count). The number of rotatable bonds is 1. The Labute approximate surface area is 98.4 Å². The van der Waals surface area contributed by atoms with Crippen molar-refractivity contribution < 1.29 is 10.2 Å². The average molecular weight is 224 g/mol.